The number of benzene rings is 4. The number of nitrogens with zero attached hydrogens (tertiary/aromatic N) is 8. The van der Waals surface area contributed by atoms with Crippen LogP contribution >= 0.6 is 11.6 Å². The predicted octanol–water partition coefficient (Wildman–Crippen LogP) is 7.50. The summed E-state index contributed by atoms with van der Waals surface area (Å²) in [5.74, 6) is 0.727. The van der Waals surface area contributed by atoms with Gasteiger partial charge >= 0.3 is 6.01 Å². The van der Waals surface area contributed by atoms with E-state index in [1.165, 1.54) is 12.1 Å². The van der Waals surface area contributed by atoms with Gasteiger partial charge in [0.25, 0.3) is 11.8 Å². The normalized spacial score (nSPS) is 18.0. The zero-order valence-electron chi connectivity index (χ0n) is 37.5. The molecule has 4 aromatic carbocycles. The van der Waals surface area contributed by atoms with Crippen LogP contribution in [0.15, 0.2) is 79.4 Å². The minimum Gasteiger partial charge on any atom is -0.507 e. The summed E-state index contributed by atoms with van der Waals surface area (Å²) in [6.45, 7) is 12.4. The molecule has 5 aromatic rings. The van der Waals surface area contributed by atoms with E-state index in [4.69, 9.17) is 31.0 Å². The van der Waals surface area contributed by atoms with Gasteiger partial charge in [0.2, 0.25) is 5.91 Å². The third kappa shape index (κ3) is 8.55. The maximum Gasteiger partial charge on any atom is 0.318 e. The van der Waals surface area contributed by atoms with Crippen LogP contribution in [0.25, 0.3) is 10.8 Å². The van der Waals surface area contributed by atoms with E-state index < -0.39 is 0 Å². The number of aromatic nitrogens is 2. The van der Waals surface area contributed by atoms with E-state index in [9.17, 15) is 24.8 Å². The minimum absolute atomic E-state index is 0.0373. The van der Waals surface area contributed by atoms with Crippen molar-refractivity contribution in [1.82, 2.24) is 24.7 Å². The van der Waals surface area contributed by atoms with Crippen molar-refractivity contribution in [3.8, 4) is 23.6 Å². The number of rotatable bonds is 11. The Kier molecular flexibility index (Phi) is 12.5. The highest BCUT2D eigenvalue weighted by Crippen LogP contribution is 2.39. The van der Waals surface area contributed by atoms with Crippen LogP contribution in [0.4, 0.5) is 11.5 Å². The molecule has 340 valence electrons. The van der Waals surface area contributed by atoms with Crippen LogP contribution in [0.2, 0.25) is 5.02 Å². The molecule has 66 heavy (non-hydrogen) atoms. The SMILES string of the molecule is C=CC(=O)N1CCN(c2nc(OCC3CCN(C(=O)c4ccc5c(c4)CN(C(=O)c4cc(C(C)C)c(OC)cc4O)C5)C3)nc3c2CCN(c2cccc4cccc(Cl)c24)C3)CC1CC#N. The topological polar surface area (TPSA) is 156 Å². The van der Waals surface area contributed by atoms with Crippen molar-refractivity contribution in [2.24, 2.45) is 5.92 Å². The van der Waals surface area contributed by atoms with Gasteiger partial charge in [-0.05, 0) is 77.2 Å². The van der Waals surface area contributed by atoms with E-state index >= 15 is 0 Å². The second-order valence-electron chi connectivity index (χ2n) is 17.9. The molecule has 4 aliphatic rings. The molecule has 1 N–H and O–H groups in total. The number of hydrogen-bond donors (Lipinski definition) is 1. The summed E-state index contributed by atoms with van der Waals surface area (Å²) in [6, 6.07) is 23.1. The molecule has 2 saturated heterocycles. The van der Waals surface area contributed by atoms with Gasteiger partial charge in [-0.1, -0.05) is 62.4 Å². The van der Waals surface area contributed by atoms with E-state index in [0.29, 0.717) is 88.3 Å². The summed E-state index contributed by atoms with van der Waals surface area (Å²) < 4.78 is 11.9. The third-order valence-corrected chi connectivity index (χ3v) is 13.8. The van der Waals surface area contributed by atoms with Crippen molar-refractivity contribution in [2.75, 3.05) is 62.8 Å². The van der Waals surface area contributed by atoms with Gasteiger partial charge in [-0.15, -0.1) is 0 Å². The number of fused-ring (bicyclic) bond motifs is 3. The molecule has 2 atom stereocenters. The zero-order chi connectivity index (χ0) is 46.2. The van der Waals surface area contributed by atoms with Gasteiger partial charge in [0.15, 0.2) is 0 Å². The maximum absolute atomic E-state index is 14.0. The highest BCUT2D eigenvalue weighted by atomic mass is 35.5. The highest BCUT2D eigenvalue weighted by Gasteiger charge is 2.35. The number of carbonyl (C=O) groups excluding carboxylic acids is 3. The number of piperazine rings is 1. The lowest BCUT2D eigenvalue weighted by atomic mass is 9.98. The van der Waals surface area contributed by atoms with Gasteiger partial charge < -0.3 is 39.1 Å². The van der Waals surface area contributed by atoms with Crippen LogP contribution in [0, 0.1) is 17.2 Å². The monoisotopic (exact) mass is 908 g/mol. The van der Waals surface area contributed by atoms with Crippen LogP contribution in [0.5, 0.6) is 17.5 Å². The molecule has 14 nitrogen and oxygen atoms in total. The first-order valence-electron chi connectivity index (χ1n) is 22.6. The average molecular weight is 909 g/mol. The van der Waals surface area contributed by atoms with Crippen molar-refractivity contribution in [3.05, 3.63) is 123 Å². The van der Waals surface area contributed by atoms with E-state index in [1.807, 2.05) is 55.1 Å². The Morgan fingerprint density at radius 1 is 0.939 bits per heavy atom. The molecule has 0 aliphatic carbocycles. The Morgan fingerprint density at radius 2 is 1.74 bits per heavy atom. The lowest BCUT2D eigenvalue weighted by Gasteiger charge is -2.42. The predicted molar refractivity (Wildman–Crippen MR) is 252 cm³/mol. The lowest BCUT2D eigenvalue weighted by molar-refractivity contribution is -0.128. The van der Waals surface area contributed by atoms with Gasteiger partial charge in [-0.25, -0.2) is 0 Å². The summed E-state index contributed by atoms with van der Waals surface area (Å²) in [4.78, 5) is 60.2. The summed E-state index contributed by atoms with van der Waals surface area (Å²) in [5.41, 5.74) is 6.37. The van der Waals surface area contributed by atoms with Crippen LogP contribution in [0.1, 0.15) is 81.3 Å². The number of methoxy groups -OCH3 is 1. The van der Waals surface area contributed by atoms with E-state index in [-0.39, 0.29) is 59.3 Å². The van der Waals surface area contributed by atoms with E-state index in [1.54, 1.807) is 23.0 Å². The first-order valence-corrected chi connectivity index (χ1v) is 22.9. The second kappa shape index (κ2) is 18.6. The number of anilines is 2. The van der Waals surface area contributed by atoms with E-state index in [0.717, 1.165) is 56.6 Å². The third-order valence-electron chi connectivity index (χ3n) is 13.4. The number of carbonyl (C=O) groups is 3. The first kappa shape index (κ1) is 44.4. The number of halogens is 1. The Balaban J connectivity index is 0.901. The average Bonchev–Trinajstić information content (AvgIpc) is 4.00. The second-order valence-corrected chi connectivity index (χ2v) is 18.3. The van der Waals surface area contributed by atoms with Crippen LogP contribution in [0.3, 0.4) is 0 Å². The summed E-state index contributed by atoms with van der Waals surface area (Å²) in [5, 5.41) is 23.2. The summed E-state index contributed by atoms with van der Waals surface area (Å²) in [6.07, 6.45) is 2.89. The Hall–Kier alpha value is -6.85. The fourth-order valence-electron chi connectivity index (χ4n) is 9.95. The lowest BCUT2D eigenvalue weighted by Crippen LogP contribution is -2.55. The largest absolute Gasteiger partial charge is 0.507 e. The van der Waals surface area contributed by atoms with Gasteiger partial charge in [0.1, 0.15) is 17.3 Å². The molecule has 2 unspecified atom stereocenters. The van der Waals surface area contributed by atoms with Crippen molar-refractivity contribution in [1.29, 1.82) is 5.26 Å². The Bertz CT molecular complexity index is 2790. The van der Waals surface area contributed by atoms with Gasteiger partial charge in [-0.2, -0.15) is 15.2 Å². The van der Waals surface area contributed by atoms with Crippen molar-refractivity contribution < 1.29 is 29.0 Å². The zero-order valence-corrected chi connectivity index (χ0v) is 38.3. The molecular formula is C51H53ClN8O6. The summed E-state index contributed by atoms with van der Waals surface area (Å²) >= 11 is 6.78. The highest BCUT2D eigenvalue weighted by molar-refractivity contribution is 6.36. The Labute approximate surface area is 389 Å². The van der Waals surface area contributed by atoms with Crippen molar-refractivity contribution in [3.63, 3.8) is 0 Å². The van der Waals surface area contributed by atoms with Gasteiger partial charge in [-0.3, -0.25) is 14.4 Å². The molecule has 5 heterocycles. The number of phenols is 1. The van der Waals surface area contributed by atoms with E-state index in [2.05, 4.69) is 40.6 Å². The maximum atomic E-state index is 14.0. The number of likely N-dealkylation sites (tertiary alicyclic amines) is 1. The van der Waals surface area contributed by atoms with Gasteiger partial charge in [0, 0.05) is 86.5 Å². The quantitative estimate of drug-likeness (QED) is 0.131. The number of aromatic hydroxyl groups is 1. The molecule has 3 amide bonds. The molecule has 0 bridgehead atoms. The smallest absolute Gasteiger partial charge is 0.318 e. The standard InChI is InChI=1S/C51H53ClN8O6/c1-5-46(62)60-21-20-57(28-37(60)14-17-53)48-38-16-19-56(43-11-7-9-33-8-6-10-41(52)47(33)43)29-42(38)54-51(55-48)66-30-32-15-18-58(25-32)49(63)34-12-13-35-26-59(27-36(35)22-34)50(64)40-23-39(31(2)3)45(65-4)24-44(40)61/h5-13,22-24,31-32,37,61H,1,14-16,18-21,25-30H2,2-4H3. The molecule has 2 fully saturated rings. The summed E-state index contributed by atoms with van der Waals surface area (Å²) in [7, 11) is 1.54. The molecule has 0 spiro atoms. The number of hydrogen-bond acceptors (Lipinski definition) is 11. The fraction of sp³-hybridized carbons (Fsp3) is 0.373. The molecule has 15 heteroatoms. The van der Waals surface area contributed by atoms with Crippen LogP contribution < -0.4 is 19.3 Å². The number of nitriles is 1. The fourth-order valence-corrected chi connectivity index (χ4v) is 10.2. The molecule has 9 rings (SSSR count). The molecular weight excluding hydrogens is 856 g/mol. The first-order chi connectivity index (χ1) is 31.9. The molecule has 4 aliphatic heterocycles. The number of ether oxygens (including phenoxy) is 2. The minimum atomic E-state index is -0.330. The number of amides is 3. The molecule has 1 aromatic heterocycles. The number of phenolic OH excluding ortho intramolecular Hbond substituents is 1. The van der Waals surface area contributed by atoms with Crippen LogP contribution in [-0.4, -0.2) is 107 Å². The van der Waals surface area contributed by atoms with Gasteiger partial charge in [0.05, 0.1) is 55.1 Å². The molecule has 0 radical (unpaired) electrons. The van der Waals surface area contributed by atoms with Crippen molar-refractivity contribution >= 4 is 51.6 Å². The molecule has 0 saturated carbocycles. The van der Waals surface area contributed by atoms with Crippen molar-refractivity contribution in [2.45, 2.75) is 64.7 Å². The van der Waals surface area contributed by atoms with Crippen LogP contribution in [-0.2, 0) is 30.8 Å². The Morgan fingerprint density at radius 3 is 2.52 bits per heavy atom.